The van der Waals surface area contributed by atoms with Gasteiger partial charge in [-0.15, -0.1) is 0 Å². The van der Waals surface area contributed by atoms with E-state index in [9.17, 15) is 17.3 Å². The number of imidazole rings is 1. The molecule has 0 bridgehead atoms. The Labute approximate surface area is 79.6 Å². The maximum atomic E-state index is 9.75. The van der Waals surface area contributed by atoms with Gasteiger partial charge in [0.05, 0.1) is 7.05 Å². The Hall–Kier alpha value is -1.27. The smallest absolute Gasteiger partial charge is 0.418 e. The largest absolute Gasteiger partial charge is 0.673 e. The maximum Gasteiger partial charge on any atom is 0.673 e. The number of aromatic nitrogens is 2. The lowest BCUT2D eigenvalue weighted by molar-refractivity contribution is -0.671. The van der Waals surface area contributed by atoms with Crippen molar-refractivity contribution in [2.24, 2.45) is 7.05 Å². The molecule has 1 aromatic rings. The Morgan fingerprint density at radius 2 is 1.93 bits per heavy atom. The Balaban J connectivity index is 0.000000292. The molecule has 0 fully saturated rings. The summed E-state index contributed by atoms with van der Waals surface area (Å²) in [6, 6.07) is 0. The van der Waals surface area contributed by atoms with Crippen LogP contribution >= 0.6 is 0 Å². The predicted molar refractivity (Wildman–Crippen MR) is 46.0 cm³/mol. The van der Waals surface area contributed by atoms with Gasteiger partial charge in [-0.25, -0.2) is 9.13 Å². The lowest BCUT2D eigenvalue weighted by atomic mass is 10.3. The number of hydrogen-bond donors (Lipinski definition) is 0. The molecule has 0 aliphatic heterocycles. The van der Waals surface area contributed by atoms with Crippen LogP contribution in [0.5, 0.6) is 0 Å². The van der Waals surface area contributed by atoms with Crippen molar-refractivity contribution in [1.82, 2.24) is 4.57 Å². The molecule has 0 aliphatic rings. The first-order valence-electron chi connectivity index (χ1n) is 3.82. The van der Waals surface area contributed by atoms with Crippen LogP contribution in [-0.4, -0.2) is 11.8 Å². The number of halogens is 4. The van der Waals surface area contributed by atoms with Gasteiger partial charge in [0, 0.05) is 0 Å². The van der Waals surface area contributed by atoms with E-state index in [-0.39, 0.29) is 0 Å². The van der Waals surface area contributed by atoms with Crippen molar-refractivity contribution in [3.05, 3.63) is 31.4 Å². The summed E-state index contributed by atoms with van der Waals surface area (Å²) in [4.78, 5) is 0. The van der Waals surface area contributed by atoms with Crippen LogP contribution in [0.15, 0.2) is 31.4 Å². The van der Waals surface area contributed by atoms with E-state index in [0.717, 1.165) is 6.54 Å². The van der Waals surface area contributed by atoms with E-state index in [2.05, 4.69) is 11.1 Å². The average molecular weight is 210 g/mol. The fraction of sp³-hybridized carbons (Fsp3) is 0.286. The molecule has 0 aliphatic carbocycles. The van der Waals surface area contributed by atoms with Crippen molar-refractivity contribution in [2.75, 3.05) is 0 Å². The topological polar surface area (TPSA) is 8.81 Å². The summed E-state index contributed by atoms with van der Waals surface area (Å²) in [5, 5.41) is 0. The van der Waals surface area contributed by atoms with E-state index in [1.54, 1.807) is 0 Å². The van der Waals surface area contributed by atoms with Gasteiger partial charge in [0.25, 0.3) is 0 Å². The van der Waals surface area contributed by atoms with Gasteiger partial charge in [-0.3, -0.25) is 0 Å². The summed E-state index contributed by atoms with van der Waals surface area (Å²) < 4.78 is 43.1. The number of aryl methyl sites for hydroxylation is 1. The zero-order valence-electron chi connectivity index (χ0n) is 7.71. The zero-order valence-corrected chi connectivity index (χ0v) is 7.71. The van der Waals surface area contributed by atoms with E-state index in [1.807, 2.05) is 36.4 Å². The molecular weight excluding hydrogens is 199 g/mol. The second-order valence-corrected chi connectivity index (χ2v) is 2.56. The molecule has 2 nitrogen and oxygen atoms in total. The Morgan fingerprint density at radius 1 is 1.43 bits per heavy atom. The summed E-state index contributed by atoms with van der Waals surface area (Å²) in [5.74, 6) is 0. The standard InChI is InChI=1S/C7H11N2.BF4/c1-3-4-9-6-5-8(2)7-9;2-1(3,4)5/h3,5-7H,1,4H2,2H3;/q+1;-1. The number of nitrogens with zero attached hydrogens (tertiary/aromatic N) is 2. The van der Waals surface area contributed by atoms with E-state index >= 15 is 0 Å². The number of allylic oxidation sites excluding steroid dienone is 1. The molecule has 0 spiro atoms. The molecule has 0 aromatic carbocycles. The van der Waals surface area contributed by atoms with Gasteiger partial charge in [-0.1, -0.05) is 12.7 Å². The Morgan fingerprint density at radius 3 is 2.21 bits per heavy atom. The molecule has 1 heterocycles. The molecule has 0 atom stereocenters. The third kappa shape index (κ3) is 8.83. The first-order chi connectivity index (χ1) is 6.33. The molecule has 0 amide bonds. The van der Waals surface area contributed by atoms with Gasteiger partial charge in [-0.05, 0) is 0 Å². The average Bonchev–Trinajstić information content (AvgIpc) is 2.32. The van der Waals surface area contributed by atoms with Crippen molar-refractivity contribution in [1.29, 1.82) is 0 Å². The highest BCUT2D eigenvalue weighted by Crippen LogP contribution is 2.06. The van der Waals surface area contributed by atoms with Gasteiger partial charge in [0.2, 0.25) is 6.33 Å². The summed E-state index contributed by atoms with van der Waals surface area (Å²) in [5.41, 5.74) is 0. The van der Waals surface area contributed by atoms with Crippen LogP contribution in [0.3, 0.4) is 0 Å². The highest BCUT2D eigenvalue weighted by molar-refractivity contribution is 6.50. The number of hydrogen-bond acceptors (Lipinski definition) is 0. The van der Waals surface area contributed by atoms with Crippen molar-refractivity contribution in [3.63, 3.8) is 0 Å². The predicted octanol–water partition coefficient (Wildman–Crippen LogP) is 1.80. The van der Waals surface area contributed by atoms with Crippen LogP contribution in [0.1, 0.15) is 0 Å². The van der Waals surface area contributed by atoms with Crippen molar-refractivity contribution in [3.8, 4) is 0 Å². The van der Waals surface area contributed by atoms with Crippen LogP contribution in [0.25, 0.3) is 0 Å². The fourth-order valence-electron chi connectivity index (χ4n) is 0.759. The van der Waals surface area contributed by atoms with Crippen molar-refractivity contribution >= 4 is 7.25 Å². The van der Waals surface area contributed by atoms with Crippen molar-refractivity contribution < 1.29 is 21.8 Å². The normalized spacial score (nSPS) is 10.4. The van der Waals surface area contributed by atoms with Gasteiger partial charge in [-0.2, -0.15) is 0 Å². The fourth-order valence-corrected chi connectivity index (χ4v) is 0.759. The molecule has 0 radical (unpaired) electrons. The minimum atomic E-state index is -6.00. The molecule has 14 heavy (non-hydrogen) atoms. The monoisotopic (exact) mass is 210 g/mol. The molecule has 1 aromatic heterocycles. The third-order valence-corrected chi connectivity index (χ3v) is 1.16. The lowest BCUT2D eigenvalue weighted by Crippen LogP contribution is -2.23. The van der Waals surface area contributed by atoms with Gasteiger partial charge >= 0.3 is 7.25 Å². The molecule has 0 N–H and O–H groups in total. The molecule has 0 saturated carbocycles. The molecule has 80 valence electrons. The summed E-state index contributed by atoms with van der Waals surface area (Å²) in [6.07, 6.45) is 7.91. The second kappa shape index (κ2) is 5.46. The summed E-state index contributed by atoms with van der Waals surface area (Å²) in [6.45, 7) is 4.52. The lowest BCUT2D eigenvalue weighted by Gasteiger charge is -1.94. The molecule has 0 unspecified atom stereocenters. The van der Waals surface area contributed by atoms with Gasteiger partial charge in [0.1, 0.15) is 18.9 Å². The number of rotatable bonds is 2. The van der Waals surface area contributed by atoms with Crippen molar-refractivity contribution in [2.45, 2.75) is 6.54 Å². The van der Waals surface area contributed by atoms with Crippen LogP contribution in [0.2, 0.25) is 0 Å². The summed E-state index contributed by atoms with van der Waals surface area (Å²) in [7, 11) is -4.00. The van der Waals surface area contributed by atoms with E-state index < -0.39 is 7.25 Å². The van der Waals surface area contributed by atoms with E-state index in [0.29, 0.717) is 0 Å². The first kappa shape index (κ1) is 12.7. The van der Waals surface area contributed by atoms with Crippen LogP contribution in [0, 0.1) is 0 Å². The van der Waals surface area contributed by atoms with Crippen LogP contribution in [0.4, 0.5) is 17.3 Å². The third-order valence-electron chi connectivity index (χ3n) is 1.16. The maximum absolute atomic E-state index is 9.75. The quantitative estimate of drug-likeness (QED) is 0.304. The first-order valence-corrected chi connectivity index (χ1v) is 3.82. The van der Waals surface area contributed by atoms with Gasteiger partial charge in [0.15, 0.2) is 0 Å². The van der Waals surface area contributed by atoms with Crippen LogP contribution < -0.4 is 4.57 Å². The van der Waals surface area contributed by atoms with Crippen LogP contribution in [-0.2, 0) is 13.6 Å². The molecule has 1 rings (SSSR count). The van der Waals surface area contributed by atoms with Gasteiger partial charge < -0.3 is 17.3 Å². The Bertz CT molecular complexity index is 275. The highest BCUT2D eigenvalue weighted by Gasteiger charge is 2.20. The second-order valence-electron chi connectivity index (χ2n) is 2.56. The van der Waals surface area contributed by atoms with E-state index in [1.165, 1.54) is 0 Å². The SMILES string of the molecule is C=CCn1cc[n+](C)c1.F[B-](F)(F)F. The minimum absolute atomic E-state index is 0.890. The summed E-state index contributed by atoms with van der Waals surface area (Å²) >= 11 is 0. The molecular formula is C7H11BF4N2. The highest BCUT2D eigenvalue weighted by atomic mass is 19.5. The minimum Gasteiger partial charge on any atom is -0.418 e. The van der Waals surface area contributed by atoms with E-state index in [4.69, 9.17) is 0 Å². The Kier molecular flexibility index (Phi) is 4.97. The molecule has 0 saturated heterocycles. The zero-order chi connectivity index (χ0) is 11.2. The molecule has 7 heteroatoms.